The molecule has 2 atom stereocenters. The first-order chi connectivity index (χ1) is 14.5. The number of benzene rings is 1. The molecule has 0 spiro atoms. The van der Waals surface area contributed by atoms with Crippen molar-refractivity contribution in [2.75, 3.05) is 20.3 Å². The summed E-state index contributed by atoms with van der Waals surface area (Å²) in [7, 11) is 1.33. The Morgan fingerprint density at radius 1 is 1.17 bits per heavy atom. The first-order valence-electron chi connectivity index (χ1n) is 10.2. The highest BCUT2D eigenvalue weighted by molar-refractivity contribution is 5.89. The van der Waals surface area contributed by atoms with E-state index in [1.165, 1.54) is 56.7 Å². The van der Waals surface area contributed by atoms with E-state index in [-0.39, 0.29) is 30.1 Å². The summed E-state index contributed by atoms with van der Waals surface area (Å²) in [5.41, 5.74) is 0.540. The van der Waals surface area contributed by atoms with Gasteiger partial charge in [-0.2, -0.15) is 8.78 Å². The Bertz CT molecular complexity index is 781. The predicted octanol–water partition coefficient (Wildman–Crippen LogP) is 4.03. The molecule has 1 saturated heterocycles. The maximum absolute atomic E-state index is 12.6. The average Bonchev–Trinajstić information content (AvgIpc) is 2.75. The van der Waals surface area contributed by atoms with E-state index in [0.717, 1.165) is 25.8 Å². The maximum atomic E-state index is 12.6. The molecule has 164 valence electrons. The smallest absolute Gasteiger partial charge is 0.387 e. The Hall–Kier alpha value is -2.64. The number of fused-ring (bicyclic) bond motifs is 1. The number of carbonyl (C=O) groups excluding carboxylic acids is 2. The molecule has 1 heterocycles. The van der Waals surface area contributed by atoms with E-state index in [1.54, 1.807) is 0 Å². The number of hydrogen-bond donors (Lipinski definition) is 0. The van der Waals surface area contributed by atoms with Crippen LogP contribution in [0.3, 0.4) is 0 Å². The number of likely N-dealkylation sites (tertiary alicyclic amines) is 1. The molecule has 1 saturated carbocycles. The van der Waals surface area contributed by atoms with E-state index in [2.05, 4.69) is 4.74 Å². The van der Waals surface area contributed by atoms with Crippen LogP contribution in [-0.4, -0.2) is 49.7 Å². The summed E-state index contributed by atoms with van der Waals surface area (Å²) in [4.78, 5) is 26.5. The van der Waals surface area contributed by atoms with Gasteiger partial charge in [0.25, 0.3) is 5.91 Å². The molecule has 1 amide bonds. The lowest BCUT2D eigenvalue weighted by Crippen LogP contribution is -2.50. The minimum Gasteiger partial charge on any atom is -0.493 e. The quantitative estimate of drug-likeness (QED) is 0.489. The van der Waals surface area contributed by atoms with Crippen LogP contribution in [0, 0.1) is 5.92 Å². The van der Waals surface area contributed by atoms with Gasteiger partial charge in [-0.1, -0.05) is 18.9 Å². The van der Waals surface area contributed by atoms with E-state index >= 15 is 0 Å². The molecule has 1 aliphatic heterocycles. The molecule has 1 aromatic rings. The van der Waals surface area contributed by atoms with E-state index in [9.17, 15) is 18.4 Å². The second-order valence-electron chi connectivity index (χ2n) is 7.57. The zero-order chi connectivity index (χ0) is 21.5. The second kappa shape index (κ2) is 10.4. The van der Waals surface area contributed by atoms with Crippen molar-refractivity contribution in [3.63, 3.8) is 0 Å². The Morgan fingerprint density at radius 2 is 1.93 bits per heavy atom. The summed E-state index contributed by atoms with van der Waals surface area (Å²) in [6.07, 6.45) is 9.37. The van der Waals surface area contributed by atoms with Crippen LogP contribution in [0.1, 0.15) is 44.1 Å². The summed E-state index contributed by atoms with van der Waals surface area (Å²) < 4.78 is 39.3. The molecule has 0 bridgehead atoms. The fraction of sp³-hybridized carbons (Fsp3) is 0.545. The molecule has 1 aromatic carbocycles. The zero-order valence-electron chi connectivity index (χ0n) is 17.0. The molecule has 8 heteroatoms. The van der Waals surface area contributed by atoms with Gasteiger partial charge in [0, 0.05) is 18.7 Å². The molecule has 0 N–H and O–H groups in total. The van der Waals surface area contributed by atoms with Crippen LogP contribution in [0.5, 0.6) is 11.5 Å². The highest BCUT2D eigenvalue weighted by Crippen LogP contribution is 2.35. The van der Waals surface area contributed by atoms with Gasteiger partial charge in [0.15, 0.2) is 18.1 Å². The fourth-order valence-corrected chi connectivity index (χ4v) is 4.34. The number of hydrogen-bond acceptors (Lipinski definition) is 5. The Morgan fingerprint density at radius 3 is 2.70 bits per heavy atom. The standard InChI is InChI=1S/C22H27F2NO5/c1-28-19-13-15(8-10-18(19)30-22(23)24)9-11-21(27)29-14-20(26)25-12-4-6-16-5-2-3-7-17(16)25/h8-11,13,16-17,22H,2-7,12,14H2,1H3/b11-9+/t16-,17-/m0/s1. The largest absolute Gasteiger partial charge is 0.493 e. The summed E-state index contributed by atoms with van der Waals surface area (Å²) >= 11 is 0. The Labute approximate surface area is 174 Å². The normalized spacial score (nSPS) is 21.4. The van der Waals surface area contributed by atoms with Gasteiger partial charge >= 0.3 is 12.6 Å². The molecular weight excluding hydrogens is 396 g/mol. The van der Waals surface area contributed by atoms with Crippen molar-refractivity contribution in [2.45, 2.75) is 51.2 Å². The van der Waals surface area contributed by atoms with Crippen molar-refractivity contribution in [1.29, 1.82) is 0 Å². The SMILES string of the molecule is COc1cc(/C=C/C(=O)OCC(=O)N2CCC[C@@H]3CCCC[C@@H]32)ccc1OC(F)F. The third-order valence-electron chi connectivity index (χ3n) is 5.72. The van der Waals surface area contributed by atoms with Crippen LogP contribution in [-0.2, 0) is 14.3 Å². The number of alkyl halides is 2. The van der Waals surface area contributed by atoms with Crippen molar-refractivity contribution in [3.8, 4) is 11.5 Å². The van der Waals surface area contributed by atoms with Crippen LogP contribution in [0.15, 0.2) is 24.3 Å². The van der Waals surface area contributed by atoms with Gasteiger partial charge in [0.1, 0.15) is 0 Å². The van der Waals surface area contributed by atoms with Gasteiger partial charge in [-0.05, 0) is 55.4 Å². The van der Waals surface area contributed by atoms with E-state index < -0.39 is 12.6 Å². The molecule has 3 rings (SSSR count). The van der Waals surface area contributed by atoms with Gasteiger partial charge in [-0.25, -0.2) is 4.79 Å². The van der Waals surface area contributed by atoms with Crippen molar-refractivity contribution >= 4 is 18.0 Å². The Kier molecular flexibility index (Phi) is 7.65. The van der Waals surface area contributed by atoms with E-state index in [4.69, 9.17) is 9.47 Å². The molecule has 0 aromatic heterocycles. The topological polar surface area (TPSA) is 65.1 Å². The third kappa shape index (κ3) is 5.70. The first-order valence-corrected chi connectivity index (χ1v) is 10.2. The molecule has 0 unspecified atom stereocenters. The zero-order valence-corrected chi connectivity index (χ0v) is 17.0. The number of carbonyl (C=O) groups is 2. The molecule has 2 aliphatic rings. The summed E-state index contributed by atoms with van der Waals surface area (Å²) in [5.74, 6) is -0.205. The minimum absolute atomic E-state index is 0.0969. The summed E-state index contributed by atoms with van der Waals surface area (Å²) in [6, 6.07) is 4.57. The Balaban J connectivity index is 1.52. The molecule has 30 heavy (non-hydrogen) atoms. The number of methoxy groups -OCH3 is 1. The van der Waals surface area contributed by atoms with E-state index in [0.29, 0.717) is 11.5 Å². The minimum atomic E-state index is -2.96. The van der Waals surface area contributed by atoms with E-state index in [1.807, 2.05) is 4.90 Å². The lowest BCUT2D eigenvalue weighted by molar-refractivity contribution is -0.151. The first kappa shape index (κ1) is 22.1. The number of rotatable bonds is 7. The monoisotopic (exact) mass is 423 g/mol. The molecule has 0 radical (unpaired) electrons. The van der Waals surface area contributed by atoms with Gasteiger partial charge in [-0.3, -0.25) is 4.79 Å². The van der Waals surface area contributed by atoms with Crippen LogP contribution >= 0.6 is 0 Å². The van der Waals surface area contributed by atoms with Crippen LogP contribution < -0.4 is 9.47 Å². The highest BCUT2D eigenvalue weighted by Gasteiger charge is 2.35. The van der Waals surface area contributed by atoms with Crippen molar-refractivity contribution in [2.24, 2.45) is 5.92 Å². The van der Waals surface area contributed by atoms with Crippen LogP contribution in [0.2, 0.25) is 0 Å². The van der Waals surface area contributed by atoms with Gasteiger partial charge in [0.2, 0.25) is 0 Å². The lowest BCUT2D eigenvalue weighted by atomic mass is 9.78. The number of piperidine rings is 1. The third-order valence-corrected chi connectivity index (χ3v) is 5.72. The molecule has 2 fully saturated rings. The number of ether oxygens (including phenoxy) is 3. The number of amides is 1. The maximum Gasteiger partial charge on any atom is 0.387 e. The lowest BCUT2D eigenvalue weighted by Gasteiger charge is -2.44. The van der Waals surface area contributed by atoms with Gasteiger partial charge < -0.3 is 19.1 Å². The number of nitrogens with zero attached hydrogens (tertiary/aromatic N) is 1. The molecule has 6 nitrogen and oxygen atoms in total. The number of halogens is 2. The highest BCUT2D eigenvalue weighted by atomic mass is 19.3. The van der Waals surface area contributed by atoms with Crippen LogP contribution in [0.25, 0.3) is 6.08 Å². The number of esters is 1. The molecule has 1 aliphatic carbocycles. The van der Waals surface area contributed by atoms with Crippen LogP contribution in [0.4, 0.5) is 8.78 Å². The van der Waals surface area contributed by atoms with Crippen molar-refractivity contribution in [1.82, 2.24) is 4.90 Å². The average molecular weight is 423 g/mol. The van der Waals surface area contributed by atoms with Crippen molar-refractivity contribution < 1.29 is 32.6 Å². The van der Waals surface area contributed by atoms with Gasteiger partial charge in [0.05, 0.1) is 7.11 Å². The van der Waals surface area contributed by atoms with Crippen molar-refractivity contribution in [3.05, 3.63) is 29.8 Å². The molecular formula is C22H27F2NO5. The summed E-state index contributed by atoms with van der Waals surface area (Å²) in [6.45, 7) is -2.52. The van der Waals surface area contributed by atoms with Gasteiger partial charge in [-0.15, -0.1) is 0 Å². The summed E-state index contributed by atoms with van der Waals surface area (Å²) in [5, 5.41) is 0. The second-order valence-corrected chi connectivity index (χ2v) is 7.57. The fourth-order valence-electron chi connectivity index (χ4n) is 4.34. The predicted molar refractivity (Wildman–Crippen MR) is 106 cm³/mol.